The molecule has 0 aliphatic carbocycles. The second-order valence-corrected chi connectivity index (χ2v) is 4.69. The molecule has 2 fully saturated rings. The average molecular weight is 220 g/mol. The quantitative estimate of drug-likeness (QED) is 0.819. The van der Waals surface area contributed by atoms with Crippen LogP contribution < -0.4 is 5.56 Å². The zero-order valence-corrected chi connectivity index (χ0v) is 9.40. The van der Waals surface area contributed by atoms with Gasteiger partial charge in [0, 0.05) is 17.7 Å². The highest BCUT2D eigenvalue weighted by atomic mass is 16.5. The average Bonchev–Trinajstić information content (AvgIpc) is 2.89. The van der Waals surface area contributed by atoms with Crippen LogP contribution in [-0.4, -0.2) is 22.2 Å². The van der Waals surface area contributed by atoms with E-state index in [-0.39, 0.29) is 11.7 Å². The highest BCUT2D eigenvalue weighted by Crippen LogP contribution is 2.43. The number of rotatable bonds is 2. The van der Waals surface area contributed by atoms with E-state index in [0.29, 0.717) is 12.0 Å². The van der Waals surface area contributed by atoms with Crippen LogP contribution in [0.4, 0.5) is 0 Å². The maximum absolute atomic E-state index is 11.5. The van der Waals surface area contributed by atoms with Crippen LogP contribution in [0, 0.1) is 0 Å². The zero-order chi connectivity index (χ0) is 11.1. The van der Waals surface area contributed by atoms with Gasteiger partial charge in [-0.05, 0) is 25.7 Å². The SMILES string of the molecule is CCc1cc(=O)[nH]c(C2CC3CCC2O3)n1. The van der Waals surface area contributed by atoms with E-state index in [2.05, 4.69) is 9.97 Å². The van der Waals surface area contributed by atoms with Crippen LogP contribution in [-0.2, 0) is 11.2 Å². The first-order chi connectivity index (χ1) is 7.76. The molecular weight excluding hydrogens is 204 g/mol. The van der Waals surface area contributed by atoms with E-state index in [0.717, 1.165) is 30.8 Å². The molecule has 86 valence electrons. The van der Waals surface area contributed by atoms with E-state index in [4.69, 9.17) is 4.74 Å². The Morgan fingerprint density at radius 2 is 2.44 bits per heavy atom. The molecule has 0 amide bonds. The number of aromatic amines is 1. The minimum Gasteiger partial charge on any atom is -0.374 e. The molecule has 4 nitrogen and oxygen atoms in total. The molecule has 0 aromatic carbocycles. The molecule has 4 heteroatoms. The normalized spacial score (nSPS) is 32.2. The van der Waals surface area contributed by atoms with E-state index in [1.54, 1.807) is 6.07 Å². The summed E-state index contributed by atoms with van der Waals surface area (Å²) in [5, 5.41) is 0. The van der Waals surface area contributed by atoms with Crippen molar-refractivity contribution in [3.63, 3.8) is 0 Å². The highest BCUT2D eigenvalue weighted by molar-refractivity contribution is 5.11. The van der Waals surface area contributed by atoms with E-state index in [1.807, 2.05) is 6.92 Å². The van der Waals surface area contributed by atoms with Crippen LogP contribution in [0.15, 0.2) is 10.9 Å². The van der Waals surface area contributed by atoms with Crippen molar-refractivity contribution in [2.45, 2.75) is 50.7 Å². The fraction of sp³-hybridized carbons (Fsp3) is 0.667. The smallest absolute Gasteiger partial charge is 0.251 e. The number of hydrogen-bond donors (Lipinski definition) is 1. The van der Waals surface area contributed by atoms with Crippen LogP contribution in [0.2, 0.25) is 0 Å². The van der Waals surface area contributed by atoms with Gasteiger partial charge in [-0.15, -0.1) is 0 Å². The molecule has 16 heavy (non-hydrogen) atoms. The molecule has 0 saturated carbocycles. The van der Waals surface area contributed by atoms with Crippen molar-refractivity contribution in [1.29, 1.82) is 0 Å². The maximum Gasteiger partial charge on any atom is 0.251 e. The summed E-state index contributed by atoms with van der Waals surface area (Å²) in [6.45, 7) is 2.02. The molecule has 0 radical (unpaired) electrons. The Bertz CT molecular complexity index is 455. The molecule has 1 aromatic rings. The van der Waals surface area contributed by atoms with Crippen LogP contribution in [0.25, 0.3) is 0 Å². The van der Waals surface area contributed by atoms with Crippen LogP contribution >= 0.6 is 0 Å². The third kappa shape index (κ3) is 1.57. The molecule has 3 unspecified atom stereocenters. The standard InChI is InChI=1S/C12H16N2O2/c1-2-7-5-11(15)14-12(13-7)9-6-8-3-4-10(9)16-8/h5,8-10H,2-4,6H2,1H3,(H,13,14,15). The number of nitrogens with zero attached hydrogens (tertiary/aromatic N) is 1. The largest absolute Gasteiger partial charge is 0.374 e. The van der Waals surface area contributed by atoms with Gasteiger partial charge >= 0.3 is 0 Å². The number of aryl methyl sites for hydroxylation is 1. The Morgan fingerprint density at radius 1 is 1.56 bits per heavy atom. The van der Waals surface area contributed by atoms with Crippen molar-refractivity contribution in [2.75, 3.05) is 0 Å². The van der Waals surface area contributed by atoms with Crippen molar-refractivity contribution >= 4 is 0 Å². The maximum atomic E-state index is 11.5. The van der Waals surface area contributed by atoms with Crippen molar-refractivity contribution in [2.24, 2.45) is 0 Å². The van der Waals surface area contributed by atoms with Gasteiger partial charge in [0.05, 0.1) is 12.2 Å². The van der Waals surface area contributed by atoms with Crippen molar-refractivity contribution < 1.29 is 4.74 Å². The second-order valence-electron chi connectivity index (χ2n) is 4.69. The first kappa shape index (κ1) is 10.0. The number of ether oxygens (including phenoxy) is 1. The highest BCUT2D eigenvalue weighted by Gasteiger charge is 2.42. The summed E-state index contributed by atoms with van der Waals surface area (Å²) in [4.78, 5) is 18.9. The second kappa shape index (κ2) is 3.70. The van der Waals surface area contributed by atoms with Gasteiger partial charge in [0.25, 0.3) is 5.56 Å². The van der Waals surface area contributed by atoms with Crippen molar-refractivity contribution in [3.8, 4) is 0 Å². The molecule has 3 heterocycles. The first-order valence-electron chi connectivity index (χ1n) is 6.02. The molecule has 3 atom stereocenters. The molecule has 0 spiro atoms. The van der Waals surface area contributed by atoms with E-state index < -0.39 is 0 Å². The zero-order valence-electron chi connectivity index (χ0n) is 9.40. The Morgan fingerprint density at radius 3 is 3.06 bits per heavy atom. The van der Waals surface area contributed by atoms with E-state index in [1.165, 1.54) is 6.42 Å². The summed E-state index contributed by atoms with van der Waals surface area (Å²) < 4.78 is 5.79. The monoisotopic (exact) mass is 220 g/mol. The number of aromatic nitrogens is 2. The fourth-order valence-electron chi connectivity index (χ4n) is 2.81. The lowest BCUT2D eigenvalue weighted by molar-refractivity contribution is 0.0998. The number of hydrogen-bond acceptors (Lipinski definition) is 3. The summed E-state index contributed by atoms with van der Waals surface area (Å²) in [5.74, 6) is 1.13. The number of nitrogens with one attached hydrogen (secondary N) is 1. The van der Waals surface area contributed by atoms with E-state index in [9.17, 15) is 4.79 Å². The molecule has 2 aliphatic rings. The third-order valence-electron chi connectivity index (χ3n) is 3.63. The molecule has 1 aromatic heterocycles. The topological polar surface area (TPSA) is 55.0 Å². The Hall–Kier alpha value is -1.16. The molecule has 1 N–H and O–H groups in total. The fourth-order valence-corrected chi connectivity index (χ4v) is 2.81. The molecule has 2 bridgehead atoms. The summed E-state index contributed by atoms with van der Waals surface area (Å²) in [6.07, 6.45) is 4.76. The summed E-state index contributed by atoms with van der Waals surface area (Å²) in [6, 6.07) is 1.58. The van der Waals surface area contributed by atoms with Gasteiger partial charge in [-0.3, -0.25) is 4.79 Å². The lowest BCUT2D eigenvalue weighted by Gasteiger charge is -2.17. The Labute approximate surface area is 94.1 Å². The van der Waals surface area contributed by atoms with Crippen molar-refractivity contribution in [3.05, 3.63) is 27.9 Å². The van der Waals surface area contributed by atoms with Gasteiger partial charge in [-0.2, -0.15) is 0 Å². The van der Waals surface area contributed by atoms with Gasteiger partial charge in [0.2, 0.25) is 0 Å². The Kier molecular flexibility index (Phi) is 2.32. The van der Waals surface area contributed by atoms with Crippen LogP contribution in [0.1, 0.15) is 43.6 Å². The molecule has 2 saturated heterocycles. The molecule has 2 aliphatic heterocycles. The van der Waals surface area contributed by atoms with Gasteiger partial charge < -0.3 is 9.72 Å². The minimum absolute atomic E-state index is 0.0374. The summed E-state index contributed by atoms with van der Waals surface area (Å²) >= 11 is 0. The van der Waals surface area contributed by atoms with E-state index >= 15 is 0 Å². The van der Waals surface area contributed by atoms with Gasteiger partial charge in [0.15, 0.2) is 0 Å². The molecular formula is C12H16N2O2. The lowest BCUT2D eigenvalue weighted by atomic mass is 9.88. The first-order valence-corrected chi connectivity index (χ1v) is 6.02. The predicted octanol–water partition coefficient (Wildman–Crippen LogP) is 1.37. The summed E-state index contributed by atoms with van der Waals surface area (Å²) in [7, 11) is 0. The predicted molar refractivity (Wildman–Crippen MR) is 59.5 cm³/mol. The molecule has 3 rings (SSSR count). The van der Waals surface area contributed by atoms with Crippen LogP contribution in [0.5, 0.6) is 0 Å². The Balaban J connectivity index is 1.94. The number of H-pyrrole nitrogens is 1. The minimum atomic E-state index is -0.0374. The lowest BCUT2D eigenvalue weighted by Crippen LogP contribution is -2.21. The summed E-state index contributed by atoms with van der Waals surface area (Å²) in [5.41, 5.74) is 0.839. The van der Waals surface area contributed by atoms with Gasteiger partial charge in [-0.25, -0.2) is 4.98 Å². The third-order valence-corrected chi connectivity index (χ3v) is 3.63. The van der Waals surface area contributed by atoms with Crippen molar-refractivity contribution in [1.82, 2.24) is 9.97 Å². The number of fused-ring (bicyclic) bond motifs is 2. The van der Waals surface area contributed by atoms with Gasteiger partial charge in [-0.1, -0.05) is 6.92 Å². The van der Waals surface area contributed by atoms with Gasteiger partial charge in [0.1, 0.15) is 5.82 Å². The van der Waals surface area contributed by atoms with Crippen LogP contribution in [0.3, 0.4) is 0 Å².